The molecule has 0 aliphatic carbocycles. The van der Waals surface area contributed by atoms with E-state index in [1.165, 1.54) is 5.56 Å². The average molecular weight is 231 g/mol. The fraction of sp³-hybridized carbons (Fsp3) is 0.250. The summed E-state index contributed by atoms with van der Waals surface area (Å²) in [4.78, 5) is 11.6. The summed E-state index contributed by atoms with van der Waals surface area (Å²) in [5.41, 5.74) is 2.22. The molecule has 0 spiro atoms. The van der Waals surface area contributed by atoms with E-state index in [2.05, 4.69) is 15.5 Å². The van der Waals surface area contributed by atoms with Gasteiger partial charge in [0.1, 0.15) is 0 Å². The van der Waals surface area contributed by atoms with E-state index in [0.717, 1.165) is 5.56 Å². The van der Waals surface area contributed by atoms with Crippen LogP contribution in [0.2, 0.25) is 0 Å². The number of benzene rings is 1. The molecule has 1 amide bonds. The van der Waals surface area contributed by atoms with Crippen LogP contribution in [-0.2, 0) is 6.54 Å². The molecule has 1 aromatic carbocycles. The van der Waals surface area contributed by atoms with E-state index in [1.54, 1.807) is 6.92 Å². The maximum absolute atomic E-state index is 11.6. The molecule has 2 aromatic rings. The molecule has 0 fully saturated rings. The van der Waals surface area contributed by atoms with Crippen molar-refractivity contribution in [3.8, 4) is 0 Å². The summed E-state index contributed by atoms with van der Waals surface area (Å²) < 4.78 is 5.02. The van der Waals surface area contributed by atoms with Crippen LogP contribution in [0.1, 0.15) is 27.7 Å². The van der Waals surface area contributed by atoms with Crippen molar-refractivity contribution in [3.63, 3.8) is 0 Å². The molecular formula is C12H13N3O2. The lowest BCUT2D eigenvalue weighted by Crippen LogP contribution is -2.23. The molecule has 17 heavy (non-hydrogen) atoms. The summed E-state index contributed by atoms with van der Waals surface area (Å²) in [6.07, 6.45) is 0. The molecule has 5 nitrogen and oxygen atoms in total. The molecule has 5 heteroatoms. The first kappa shape index (κ1) is 11.3. The lowest BCUT2D eigenvalue weighted by Gasteiger charge is -2.02. The van der Waals surface area contributed by atoms with Gasteiger partial charge in [-0.15, -0.1) is 10.2 Å². The Hall–Kier alpha value is -2.17. The molecule has 0 bridgehead atoms. The third kappa shape index (κ3) is 2.90. The second-order valence-electron chi connectivity index (χ2n) is 3.79. The minimum atomic E-state index is -0.355. The standard InChI is InChI=1S/C12H13N3O2/c1-8-3-5-10(6-4-8)7-13-11(16)12-15-14-9(2)17-12/h3-6H,7H2,1-2H3,(H,13,16). The zero-order valence-corrected chi connectivity index (χ0v) is 9.73. The van der Waals surface area contributed by atoms with Crippen LogP contribution in [0, 0.1) is 13.8 Å². The van der Waals surface area contributed by atoms with Crippen LogP contribution in [0.15, 0.2) is 28.7 Å². The Bertz CT molecular complexity index is 517. The van der Waals surface area contributed by atoms with E-state index in [4.69, 9.17) is 4.42 Å². The lowest BCUT2D eigenvalue weighted by molar-refractivity contribution is 0.0915. The summed E-state index contributed by atoms with van der Waals surface area (Å²) >= 11 is 0. The monoisotopic (exact) mass is 231 g/mol. The van der Waals surface area contributed by atoms with Gasteiger partial charge in [0.2, 0.25) is 5.89 Å². The smallest absolute Gasteiger partial charge is 0.309 e. The molecule has 0 saturated heterocycles. The van der Waals surface area contributed by atoms with Gasteiger partial charge in [-0.25, -0.2) is 0 Å². The minimum Gasteiger partial charge on any atom is -0.417 e. The van der Waals surface area contributed by atoms with Crippen molar-refractivity contribution in [2.24, 2.45) is 0 Å². The highest BCUT2D eigenvalue weighted by Gasteiger charge is 2.12. The van der Waals surface area contributed by atoms with Crippen LogP contribution >= 0.6 is 0 Å². The number of amides is 1. The highest BCUT2D eigenvalue weighted by atomic mass is 16.4. The van der Waals surface area contributed by atoms with Crippen LogP contribution in [0.5, 0.6) is 0 Å². The highest BCUT2D eigenvalue weighted by molar-refractivity contribution is 5.89. The second kappa shape index (κ2) is 4.78. The number of hydrogen-bond donors (Lipinski definition) is 1. The quantitative estimate of drug-likeness (QED) is 0.871. The maximum atomic E-state index is 11.6. The molecule has 88 valence electrons. The van der Waals surface area contributed by atoms with Gasteiger partial charge in [-0.05, 0) is 12.5 Å². The first-order valence-corrected chi connectivity index (χ1v) is 5.29. The zero-order chi connectivity index (χ0) is 12.3. The van der Waals surface area contributed by atoms with E-state index in [-0.39, 0.29) is 11.8 Å². The molecule has 1 heterocycles. The number of aryl methyl sites for hydroxylation is 2. The van der Waals surface area contributed by atoms with Crippen molar-refractivity contribution in [1.82, 2.24) is 15.5 Å². The first-order valence-electron chi connectivity index (χ1n) is 5.29. The summed E-state index contributed by atoms with van der Waals surface area (Å²) in [7, 11) is 0. The Labute approximate surface area is 98.9 Å². The van der Waals surface area contributed by atoms with Crippen molar-refractivity contribution in [3.05, 3.63) is 47.2 Å². The minimum absolute atomic E-state index is 0.00499. The Balaban J connectivity index is 1.94. The topological polar surface area (TPSA) is 68.0 Å². The predicted octanol–water partition coefficient (Wildman–Crippen LogP) is 1.62. The number of nitrogens with zero attached hydrogens (tertiary/aromatic N) is 2. The Morgan fingerprint density at radius 1 is 1.24 bits per heavy atom. The molecule has 1 aromatic heterocycles. The average Bonchev–Trinajstić information content (AvgIpc) is 2.75. The fourth-order valence-corrected chi connectivity index (χ4v) is 1.35. The molecule has 1 N–H and O–H groups in total. The summed E-state index contributed by atoms with van der Waals surface area (Å²) in [6, 6.07) is 7.93. The summed E-state index contributed by atoms with van der Waals surface area (Å²) in [6.45, 7) is 4.11. The summed E-state index contributed by atoms with van der Waals surface area (Å²) in [5, 5.41) is 9.95. The number of aromatic nitrogens is 2. The third-order valence-electron chi connectivity index (χ3n) is 2.29. The van der Waals surface area contributed by atoms with Gasteiger partial charge in [0, 0.05) is 13.5 Å². The van der Waals surface area contributed by atoms with Gasteiger partial charge >= 0.3 is 11.8 Å². The highest BCUT2D eigenvalue weighted by Crippen LogP contribution is 2.03. The van der Waals surface area contributed by atoms with Gasteiger partial charge in [-0.2, -0.15) is 0 Å². The molecular weight excluding hydrogens is 218 g/mol. The van der Waals surface area contributed by atoms with Crippen molar-refractivity contribution >= 4 is 5.91 Å². The van der Waals surface area contributed by atoms with Gasteiger partial charge < -0.3 is 9.73 Å². The molecule has 0 radical (unpaired) electrons. The van der Waals surface area contributed by atoms with Crippen molar-refractivity contribution in [1.29, 1.82) is 0 Å². The molecule has 0 aliphatic rings. The molecule has 0 atom stereocenters. The molecule has 0 saturated carbocycles. The van der Waals surface area contributed by atoms with Crippen LogP contribution in [-0.4, -0.2) is 16.1 Å². The molecule has 2 rings (SSSR count). The lowest BCUT2D eigenvalue weighted by atomic mass is 10.1. The van der Waals surface area contributed by atoms with Gasteiger partial charge in [0.25, 0.3) is 0 Å². The van der Waals surface area contributed by atoms with Gasteiger partial charge in [0.05, 0.1) is 0 Å². The number of carbonyl (C=O) groups excluding carboxylic acids is 1. The Morgan fingerprint density at radius 3 is 2.53 bits per heavy atom. The fourth-order valence-electron chi connectivity index (χ4n) is 1.35. The van der Waals surface area contributed by atoms with Crippen molar-refractivity contribution in [2.45, 2.75) is 20.4 Å². The summed E-state index contributed by atoms with van der Waals surface area (Å²) in [5.74, 6) is 0.0197. The zero-order valence-electron chi connectivity index (χ0n) is 9.73. The first-order chi connectivity index (χ1) is 8.15. The third-order valence-corrected chi connectivity index (χ3v) is 2.29. The van der Waals surface area contributed by atoms with Crippen LogP contribution < -0.4 is 5.32 Å². The predicted molar refractivity (Wildman–Crippen MR) is 61.4 cm³/mol. The van der Waals surface area contributed by atoms with Gasteiger partial charge in [0.15, 0.2) is 0 Å². The van der Waals surface area contributed by atoms with E-state index >= 15 is 0 Å². The number of nitrogens with one attached hydrogen (secondary N) is 1. The van der Waals surface area contributed by atoms with Crippen LogP contribution in [0.25, 0.3) is 0 Å². The van der Waals surface area contributed by atoms with Crippen molar-refractivity contribution in [2.75, 3.05) is 0 Å². The number of hydrogen-bond acceptors (Lipinski definition) is 4. The Morgan fingerprint density at radius 2 is 1.94 bits per heavy atom. The molecule has 0 unspecified atom stereocenters. The van der Waals surface area contributed by atoms with E-state index in [0.29, 0.717) is 12.4 Å². The number of rotatable bonds is 3. The van der Waals surface area contributed by atoms with Gasteiger partial charge in [-0.1, -0.05) is 29.8 Å². The SMILES string of the molecule is Cc1ccc(CNC(=O)c2nnc(C)o2)cc1. The maximum Gasteiger partial charge on any atom is 0.309 e. The van der Waals surface area contributed by atoms with E-state index in [1.807, 2.05) is 31.2 Å². The van der Waals surface area contributed by atoms with Crippen LogP contribution in [0.3, 0.4) is 0 Å². The van der Waals surface area contributed by atoms with E-state index in [9.17, 15) is 4.79 Å². The molecule has 0 aliphatic heterocycles. The largest absolute Gasteiger partial charge is 0.417 e. The van der Waals surface area contributed by atoms with Crippen LogP contribution in [0.4, 0.5) is 0 Å². The van der Waals surface area contributed by atoms with Gasteiger partial charge in [-0.3, -0.25) is 4.79 Å². The van der Waals surface area contributed by atoms with E-state index < -0.39 is 0 Å². The van der Waals surface area contributed by atoms with Crippen molar-refractivity contribution < 1.29 is 9.21 Å². The number of carbonyl (C=O) groups is 1. The Kier molecular flexibility index (Phi) is 3.18. The normalized spacial score (nSPS) is 10.2. The second-order valence-corrected chi connectivity index (χ2v) is 3.79.